The Bertz CT molecular complexity index is 378. The van der Waals surface area contributed by atoms with Crippen LogP contribution in [0.2, 0.25) is 5.02 Å². The summed E-state index contributed by atoms with van der Waals surface area (Å²) in [7, 11) is 0. The van der Waals surface area contributed by atoms with Gasteiger partial charge >= 0.3 is 0 Å². The minimum Gasteiger partial charge on any atom is -0.492 e. The SMILES string of the molecule is CCOc1ccc(CCC2CNCCO2)cc1Cl. The van der Waals surface area contributed by atoms with Crippen LogP contribution in [0.4, 0.5) is 0 Å². The van der Waals surface area contributed by atoms with Crippen LogP contribution in [0.1, 0.15) is 18.9 Å². The number of aryl methyl sites for hydroxylation is 1. The zero-order chi connectivity index (χ0) is 12.8. The van der Waals surface area contributed by atoms with Gasteiger partial charge in [-0.25, -0.2) is 0 Å². The molecule has 1 aromatic rings. The smallest absolute Gasteiger partial charge is 0.137 e. The van der Waals surface area contributed by atoms with E-state index in [1.54, 1.807) is 0 Å². The van der Waals surface area contributed by atoms with Crippen LogP contribution in [0.15, 0.2) is 18.2 Å². The minimum absolute atomic E-state index is 0.323. The number of nitrogens with one attached hydrogen (secondary N) is 1. The number of ether oxygens (including phenoxy) is 2. The van der Waals surface area contributed by atoms with Gasteiger partial charge in [-0.05, 0) is 37.5 Å². The van der Waals surface area contributed by atoms with Gasteiger partial charge in [-0.1, -0.05) is 17.7 Å². The van der Waals surface area contributed by atoms with Gasteiger partial charge in [-0.15, -0.1) is 0 Å². The fraction of sp³-hybridized carbons (Fsp3) is 0.571. The molecule has 100 valence electrons. The van der Waals surface area contributed by atoms with Crippen LogP contribution in [-0.4, -0.2) is 32.4 Å². The second-order valence-electron chi connectivity index (χ2n) is 4.43. The second kappa shape index (κ2) is 6.98. The van der Waals surface area contributed by atoms with Crippen molar-refractivity contribution in [3.05, 3.63) is 28.8 Å². The molecular weight excluding hydrogens is 250 g/mol. The van der Waals surface area contributed by atoms with E-state index in [1.165, 1.54) is 5.56 Å². The molecule has 1 heterocycles. The quantitative estimate of drug-likeness (QED) is 0.892. The van der Waals surface area contributed by atoms with Crippen LogP contribution < -0.4 is 10.1 Å². The lowest BCUT2D eigenvalue weighted by Gasteiger charge is -2.23. The average molecular weight is 270 g/mol. The van der Waals surface area contributed by atoms with E-state index in [0.29, 0.717) is 17.7 Å². The van der Waals surface area contributed by atoms with E-state index in [2.05, 4.69) is 11.4 Å². The topological polar surface area (TPSA) is 30.5 Å². The van der Waals surface area contributed by atoms with Crippen molar-refractivity contribution in [1.82, 2.24) is 5.32 Å². The number of halogens is 1. The summed E-state index contributed by atoms with van der Waals surface area (Å²) in [6, 6.07) is 6.01. The number of benzene rings is 1. The molecule has 3 nitrogen and oxygen atoms in total. The lowest BCUT2D eigenvalue weighted by molar-refractivity contribution is 0.0238. The molecule has 1 aliphatic heterocycles. The molecule has 1 unspecified atom stereocenters. The Balaban J connectivity index is 1.87. The second-order valence-corrected chi connectivity index (χ2v) is 4.84. The van der Waals surface area contributed by atoms with Crippen LogP contribution in [0, 0.1) is 0 Å². The molecule has 1 saturated heterocycles. The third kappa shape index (κ3) is 3.87. The van der Waals surface area contributed by atoms with Crippen molar-refractivity contribution in [2.24, 2.45) is 0 Å². The fourth-order valence-corrected chi connectivity index (χ4v) is 2.36. The molecule has 2 rings (SSSR count). The molecule has 1 N–H and O–H groups in total. The molecule has 0 bridgehead atoms. The Morgan fingerprint density at radius 2 is 2.39 bits per heavy atom. The van der Waals surface area contributed by atoms with Crippen molar-refractivity contribution in [3.63, 3.8) is 0 Å². The Hall–Kier alpha value is -0.770. The summed E-state index contributed by atoms with van der Waals surface area (Å²) in [5, 5.41) is 4.03. The van der Waals surface area contributed by atoms with Crippen molar-refractivity contribution in [1.29, 1.82) is 0 Å². The molecule has 0 amide bonds. The zero-order valence-electron chi connectivity index (χ0n) is 10.7. The summed E-state index contributed by atoms with van der Waals surface area (Å²) in [6.45, 7) is 5.32. The average Bonchev–Trinajstić information content (AvgIpc) is 2.41. The standard InChI is InChI=1S/C14H20ClNO2/c1-2-17-14-6-4-11(9-13(14)15)3-5-12-10-16-7-8-18-12/h4,6,9,12,16H,2-3,5,7-8,10H2,1H3. The lowest BCUT2D eigenvalue weighted by atomic mass is 10.1. The van der Waals surface area contributed by atoms with Gasteiger partial charge in [0.05, 0.1) is 24.3 Å². The third-order valence-corrected chi connectivity index (χ3v) is 3.35. The Labute approximate surface area is 113 Å². The highest BCUT2D eigenvalue weighted by Gasteiger charge is 2.13. The Morgan fingerprint density at radius 3 is 3.06 bits per heavy atom. The molecule has 0 spiro atoms. The van der Waals surface area contributed by atoms with Crippen LogP contribution in [-0.2, 0) is 11.2 Å². The maximum absolute atomic E-state index is 6.16. The largest absolute Gasteiger partial charge is 0.492 e. The van der Waals surface area contributed by atoms with E-state index in [1.807, 2.05) is 19.1 Å². The van der Waals surface area contributed by atoms with E-state index in [0.717, 1.165) is 38.3 Å². The van der Waals surface area contributed by atoms with E-state index in [9.17, 15) is 0 Å². The zero-order valence-corrected chi connectivity index (χ0v) is 11.5. The van der Waals surface area contributed by atoms with Crippen molar-refractivity contribution in [3.8, 4) is 5.75 Å². The number of morpholine rings is 1. The van der Waals surface area contributed by atoms with Crippen LogP contribution in [0.3, 0.4) is 0 Å². The van der Waals surface area contributed by atoms with Gasteiger partial charge in [-0.3, -0.25) is 0 Å². The number of rotatable bonds is 5. The predicted molar refractivity (Wildman–Crippen MR) is 73.6 cm³/mol. The van der Waals surface area contributed by atoms with E-state index in [-0.39, 0.29) is 0 Å². The summed E-state index contributed by atoms with van der Waals surface area (Å²) < 4.78 is 11.1. The summed E-state index contributed by atoms with van der Waals surface area (Å²) in [5.41, 5.74) is 1.23. The van der Waals surface area contributed by atoms with Crippen molar-refractivity contribution in [2.75, 3.05) is 26.3 Å². The number of hydrogen-bond donors (Lipinski definition) is 1. The molecule has 1 atom stereocenters. The van der Waals surface area contributed by atoms with Crippen molar-refractivity contribution in [2.45, 2.75) is 25.9 Å². The van der Waals surface area contributed by atoms with Crippen molar-refractivity contribution >= 4 is 11.6 Å². The summed E-state index contributed by atoms with van der Waals surface area (Å²) in [6.07, 6.45) is 2.33. The Morgan fingerprint density at radius 1 is 1.50 bits per heavy atom. The molecule has 0 saturated carbocycles. The molecule has 0 aromatic heterocycles. The summed E-state index contributed by atoms with van der Waals surface area (Å²) >= 11 is 6.16. The first-order valence-electron chi connectivity index (χ1n) is 6.53. The molecule has 18 heavy (non-hydrogen) atoms. The highest BCUT2D eigenvalue weighted by atomic mass is 35.5. The van der Waals surface area contributed by atoms with Gasteiger partial charge in [0, 0.05) is 13.1 Å². The minimum atomic E-state index is 0.323. The molecule has 0 radical (unpaired) electrons. The van der Waals surface area contributed by atoms with Gasteiger partial charge in [0.25, 0.3) is 0 Å². The van der Waals surface area contributed by atoms with Gasteiger partial charge < -0.3 is 14.8 Å². The van der Waals surface area contributed by atoms with Crippen LogP contribution >= 0.6 is 11.6 Å². The van der Waals surface area contributed by atoms with Gasteiger partial charge in [0.15, 0.2) is 0 Å². The highest BCUT2D eigenvalue weighted by molar-refractivity contribution is 6.32. The molecule has 1 fully saturated rings. The third-order valence-electron chi connectivity index (χ3n) is 3.06. The first kappa shape index (κ1) is 13.7. The van der Waals surface area contributed by atoms with Gasteiger partial charge in [-0.2, -0.15) is 0 Å². The van der Waals surface area contributed by atoms with Gasteiger partial charge in [0.2, 0.25) is 0 Å². The highest BCUT2D eigenvalue weighted by Crippen LogP contribution is 2.26. The normalized spacial score (nSPS) is 19.8. The predicted octanol–water partition coefficient (Wildman–Crippen LogP) is 2.66. The maximum atomic E-state index is 6.16. The number of hydrogen-bond acceptors (Lipinski definition) is 3. The van der Waals surface area contributed by atoms with Crippen LogP contribution in [0.25, 0.3) is 0 Å². The first-order chi connectivity index (χ1) is 8.79. The first-order valence-corrected chi connectivity index (χ1v) is 6.91. The van der Waals surface area contributed by atoms with E-state index < -0.39 is 0 Å². The summed E-state index contributed by atoms with van der Waals surface area (Å²) in [4.78, 5) is 0. The monoisotopic (exact) mass is 269 g/mol. The van der Waals surface area contributed by atoms with Crippen LogP contribution in [0.5, 0.6) is 5.75 Å². The molecule has 1 aliphatic rings. The van der Waals surface area contributed by atoms with E-state index >= 15 is 0 Å². The van der Waals surface area contributed by atoms with E-state index in [4.69, 9.17) is 21.1 Å². The molecule has 4 heteroatoms. The molecule has 1 aromatic carbocycles. The lowest BCUT2D eigenvalue weighted by Crippen LogP contribution is -2.38. The molecular formula is C14H20ClNO2. The Kier molecular flexibility index (Phi) is 5.29. The maximum Gasteiger partial charge on any atom is 0.137 e. The molecule has 0 aliphatic carbocycles. The fourth-order valence-electron chi connectivity index (χ4n) is 2.11. The summed E-state index contributed by atoms with van der Waals surface area (Å²) in [5.74, 6) is 0.762. The van der Waals surface area contributed by atoms with Gasteiger partial charge in [0.1, 0.15) is 5.75 Å². The van der Waals surface area contributed by atoms with Crippen molar-refractivity contribution < 1.29 is 9.47 Å².